The largest absolute Gasteiger partial charge is 0.493 e. The molecule has 4 nitrogen and oxygen atoms in total. The molecule has 0 aliphatic rings. The van der Waals surface area contributed by atoms with E-state index in [1.165, 1.54) is 0 Å². The number of benzene rings is 2. The Morgan fingerprint density at radius 1 is 1.11 bits per heavy atom. The smallest absolute Gasteiger partial charge is 0.248 e. The molecule has 2 aromatic carbocycles. The van der Waals surface area contributed by atoms with Crippen LogP contribution in [0.4, 0.5) is 5.69 Å². The molecular formula is C23H25NO3. The van der Waals surface area contributed by atoms with Gasteiger partial charge in [-0.2, -0.15) is 0 Å². The van der Waals surface area contributed by atoms with Crippen LogP contribution in [0, 0.1) is 20.8 Å². The van der Waals surface area contributed by atoms with Crippen molar-refractivity contribution < 1.29 is 13.9 Å². The van der Waals surface area contributed by atoms with Gasteiger partial charge in [0.15, 0.2) is 0 Å². The third-order valence-corrected chi connectivity index (χ3v) is 4.43. The number of ether oxygens (including phenoxy) is 1. The van der Waals surface area contributed by atoms with E-state index in [9.17, 15) is 4.79 Å². The lowest BCUT2D eigenvalue weighted by Gasteiger charge is -2.12. The average Bonchev–Trinajstić information content (AvgIpc) is 2.93. The van der Waals surface area contributed by atoms with Gasteiger partial charge in [-0.15, -0.1) is 0 Å². The monoisotopic (exact) mass is 363 g/mol. The van der Waals surface area contributed by atoms with Crippen LogP contribution in [0.15, 0.2) is 47.1 Å². The van der Waals surface area contributed by atoms with Gasteiger partial charge in [-0.05, 0) is 75.1 Å². The molecule has 0 aliphatic carbocycles. The molecule has 1 N–H and O–H groups in total. The normalized spacial score (nSPS) is 11.7. The van der Waals surface area contributed by atoms with E-state index >= 15 is 0 Å². The molecule has 0 saturated carbocycles. The standard InChI is InChI=1S/C23H25NO3/c1-6-26-21-12-22-20(17(5)13-27-22)11-19(21)16(4)10-23(25)24-18-8-14(2)7-15(3)9-18/h7-13H,6H2,1-5H3,(H,24,25)/b16-10+. The number of carbonyl (C=O) groups excluding carboxylic acids is 1. The molecule has 0 fully saturated rings. The number of hydrogen-bond donors (Lipinski definition) is 1. The summed E-state index contributed by atoms with van der Waals surface area (Å²) in [4.78, 5) is 12.5. The van der Waals surface area contributed by atoms with Gasteiger partial charge < -0.3 is 14.5 Å². The van der Waals surface area contributed by atoms with Gasteiger partial charge in [0.1, 0.15) is 11.3 Å². The van der Waals surface area contributed by atoms with Crippen LogP contribution < -0.4 is 10.1 Å². The molecule has 1 amide bonds. The van der Waals surface area contributed by atoms with Gasteiger partial charge in [0.25, 0.3) is 0 Å². The predicted octanol–water partition coefficient (Wildman–Crippen LogP) is 5.80. The van der Waals surface area contributed by atoms with E-state index in [0.717, 1.165) is 44.5 Å². The van der Waals surface area contributed by atoms with Gasteiger partial charge in [0.05, 0.1) is 12.9 Å². The summed E-state index contributed by atoms with van der Waals surface area (Å²) in [6, 6.07) is 9.91. The first-order valence-electron chi connectivity index (χ1n) is 9.10. The van der Waals surface area contributed by atoms with Crippen LogP contribution >= 0.6 is 0 Å². The fourth-order valence-electron chi connectivity index (χ4n) is 3.26. The molecule has 0 radical (unpaired) electrons. The topological polar surface area (TPSA) is 51.5 Å². The van der Waals surface area contributed by atoms with Crippen LogP contribution in [0.25, 0.3) is 16.5 Å². The number of hydrogen-bond acceptors (Lipinski definition) is 3. The molecule has 1 heterocycles. The Balaban J connectivity index is 1.93. The predicted molar refractivity (Wildman–Crippen MR) is 110 cm³/mol. The molecule has 1 aromatic heterocycles. The lowest BCUT2D eigenvalue weighted by molar-refractivity contribution is -0.111. The van der Waals surface area contributed by atoms with Crippen molar-refractivity contribution in [2.45, 2.75) is 34.6 Å². The number of furan rings is 1. The Morgan fingerprint density at radius 3 is 2.48 bits per heavy atom. The van der Waals surface area contributed by atoms with Crippen molar-refractivity contribution in [3.63, 3.8) is 0 Å². The third-order valence-electron chi connectivity index (χ3n) is 4.43. The number of carbonyl (C=O) groups is 1. The summed E-state index contributed by atoms with van der Waals surface area (Å²) < 4.78 is 11.3. The molecule has 27 heavy (non-hydrogen) atoms. The van der Waals surface area contributed by atoms with E-state index in [0.29, 0.717) is 12.4 Å². The van der Waals surface area contributed by atoms with Gasteiger partial charge in [0.2, 0.25) is 5.91 Å². The molecule has 3 rings (SSSR count). The Hall–Kier alpha value is -3.01. The zero-order chi connectivity index (χ0) is 19.6. The molecule has 4 heteroatoms. The number of allylic oxidation sites excluding steroid dienone is 1. The SMILES string of the molecule is CCOc1cc2occ(C)c2cc1/C(C)=C/C(=O)Nc1cc(C)cc(C)c1. The molecule has 0 aliphatic heterocycles. The second kappa shape index (κ2) is 7.70. The van der Waals surface area contributed by atoms with Gasteiger partial charge in [-0.3, -0.25) is 4.79 Å². The van der Waals surface area contributed by atoms with E-state index in [4.69, 9.17) is 9.15 Å². The quantitative estimate of drug-likeness (QED) is 0.583. The highest BCUT2D eigenvalue weighted by molar-refractivity contribution is 6.04. The highest BCUT2D eigenvalue weighted by atomic mass is 16.5. The van der Waals surface area contributed by atoms with E-state index in [2.05, 4.69) is 11.4 Å². The van der Waals surface area contributed by atoms with Crippen molar-refractivity contribution in [2.24, 2.45) is 0 Å². The van der Waals surface area contributed by atoms with Gasteiger partial charge in [0, 0.05) is 28.8 Å². The maximum Gasteiger partial charge on any atom is 0.248 e. The Kier molecular flexibility index (Phi) is 5.36. The van der Waals surface area contributed by atoms with Crippen LogP contribution in [0.5, 0.6) is 5.75 Å². The fraction of sp³-hybridized carbons (Fsp3) is 0.261. The van der Waals surface area contributed by atoms with Crippen molar-refractivity contribution in [1.82, 2.24) is 0 Å². The molecule has 0 unspecified atom stereocenters. The maximum atomic E-state index is 12.5. The minimum atomic E-state index is -0.163. The Labute approximate surface area is 159 Å². The number of aryl methyl sites for hydroxylation is 3. The summed E-state index contributed by atoms with van der Waals surface area (Å²) in [5.41, 5.74) is 6.60. The molecule has 0 saturated heterocycles. The minimum absolute atomic E-state index is 0.163. The summed E-state index contributed by atoms with van der Waals surface area (Å²) in [7, 11) is 0. The number of amides is 1. The number of nitrogens with one attached hydrogen (secondary N) is 1. The summed E-state index contributed by atoms with van der Waals surface area (Å²) in [5.74, 6) is 0.552. The third kappa shape index (κ3) is 4.22. The number of rotatable bonds is 5. The second-order valence-electron chi connectivity index (χ2n) is 6.89. The summed E-state index contributed by atoms with van der Waals surface area (Å²) >= 11 is 0. The van der Waals surface area contributed by atoms with E-state index in [1.54, 1.807) is 12.3 Å². The van der Waals surface area contributed by atoms with Crippen LogP contribution in [0.3, 0.4) is 0 Å². The lowest BCUT2D eigenvalue weighted by atomic mass is 10.0. The molecule has 0 atom stereocenters. The van der Waals surface area contributed by atoms with E-state index in [-0.39, 0.29) is 5.91 Å². The Bertz CT molecular complexity index is 1010. The van der Waals surface area contributed by atoms with Crippen LogP contribution in [-0.2, 0) is 4.79 Å². The van der Waals surface area contributed by atoms with Crippen LogP contribution in [0.1, 0.15) is 36.1 Å². The highest BCUT2D eigenvalue weighted by Gasteiger charge is 2.13. The van der Waals surface area contributed by atoms with Crippen molar-refractivity contribution >= 4 is 28.1 Å². The summed E-state index contributed by atoms with van der Waals surface area (Å²) in [6.45, 7) is 10.4. The first-order valence-corrected chi connectivity index (χ1v) is 9.10. The van der Waals surface area contributed by atoms with E-state index in [1.807, 2.05) is 58.9 Å². The van der Waals surface area contributed by atoms with Crippen molar-refractivity contribution in [1.29, 1.82) is 0 Å². The van der Waals surface area contributed by atoms with Crippen molar-refractivity contribution in [2.75, 3.05) is 11.9 Å². The molecule has 0 bridgehead atoms. The molecule has 0 spiro atoms. The average molecular weight is 363 g/mol. The Morgan fingerprint density at radius 2 is 1.81 bits per heavy atom. The zero-order valence-corrected chi connectivity index (χ0v) is 16.5. The van der Waals surface area contributed by atoms with Crippen LogP contribution in [-0.4, -0.2) is 12.5 Å². The van der Waals surface area contributed by atoms with Crippen molar-refractivity contribution in [3.05, 3.63) is 64.9 Å². The van der Waals surface area contributed by atoms with Gasteiger partial charge in [-0.1, -0.05) is 6.07 Å². The van der Waals surface area contributed by atoms with Crippen LogP contribution in [0.2, 0.25) is 0 Å². The number of anilines is 1. The molecule has 140 valence electrons. The first kappa shape index (κ1) is 18.8. The number of fused-ring (bicyclic) bond motifs is 1. The second-order valence-corrected chi connectivity index (χ2v) is 6.89. The summed E-state index contributed by atoms with van der Waals surface area (Å²) in [5, 5.41) is 3.97. The molecular weight excluding hydrogens is 338 g/mol. The fourth-order valence-corrected chi connectivity index (χ4v) is 3.26. The van der Waals surface area contributed by atoms with Crippen molar-refractivity contribution in [3.8, 4) is 5.75 Å². The molecule has 3 aromatic rings. The summed E-state index contributed by atoms with van der Waals surface area (Å²) in [6.07, 6.45) is 3.34. The minimum Gasteiger partial charge on any atom is -0.493 e. The van der Waals surface area contributed by atoms with Gasteiger partial charge in [-0.25, -0.2) is 0 Å². The lowest BCUT2D eigenvalue weighted by Crippen LogP contribution is -2.09. The van der Waals surface area contributed by atoms with E-state index < -0.39 is 0 Å². The first-order chi connectivity index (χ1) is 12.9. The van der Waals surface area contributed by atoms with Gasteiger partial charge >= 0.3 is 0 Å². The zero-order valence-electron chi connectivity index (χ0n) is 16.5. The highest BCUT2D eigenvalue weighted by Crippen LogP contribution is 2.33. The maximum absolute atomic E-state index is 12.5.